The third-order valence-electron chi connectivity index (χ3n) is 28.5. The van der Waals surface area contributed by atoms with Crippen LogP contribution in [0.4, 0.5) is 0 Å². The molecule has 0 radical (unpaired) electrons. The monoisotopic (exact) mass is 1250 g/mol. The van der Waals surface area contributed by atoms with Gasteiger partial charge in [-0.2, -0.15) is 0 Å². The number of hydrogen-bond acceptors (Lipinski definition) is 7. The second kappa shape index (κ2) is 34.1. The first-order valence-corrected chi connectivity index (χ1v) is 39.7. The highest BCUT2D eigenvalue weighted by atomic mass is 16.6. The van der Waals surface area contributed by atoms with Gasteiger partial charge in [0.15, 0.2) is 0 Å². The smallest absolute Gasteiger partial charge is 0.330 e. The van der Waals surface area contributed by atoms with Crippen molar-refractivity contribution in [2.24, 2.45) is 122 Å². The Hall–Kier alpha value is -2.28. The summed E-state index contributed by atoms with van der Waals surface area (Å²) in [5, 5.41) is 0. The Bertz CT molecular complexity index is 2330. The van der Waals surface area contributed by atoms with Crippen LogP contribution in [0.2, 0.25) is 0 Å². The van der Waals surface area contributed by atoms with E-state index < -0.39 is 29.9 Å². The first kappa shape index (κ1) is 73.5. The van der Waals surface area contributed by atoms with Crippen LogP contribution in [0.1, 0.15) is 353 Å². The van der Waals surface area contributed by atoms with E-state index in [1.165, 1.54) is 180 Å². The number of rotatable bonds is 36. The van der Waals surface area contributed by atoms with E-state index in [0.717, 1.165) is 136 Å². The average Bonchev–Trinajstić information content (AvgIpc) is 1.31. The van der Waals surface area contributed by atoms with Gasteiger partial charge < -0.3 is 15.2 Å². The first-order chi connectivity index (χ1) is 43.1. The van der Waals surface area contributed by atoms with Gasteiger partial charge in [0.25, 0.3) is 0 Å². The molecule has 8 aliphatic carbocycles. The molecule has 6 fully saturated rings. The number of esters is 4. The highest BCUT2D eigenvalue weighted by molar-refractivity contribution is 5.90. The second-order valence-corrected chi connectivity index (χ2v) is 35.0. The van der Waals surface area contributed by atoms with Gasteiger partial charge in [-0.15, -0.1) is 0 Å². The van der Waals surface area contributed by atoms with Crippen molar-refractivity contribution in [3.05, 3.63) is 23.3 Å². The highest BCUT2D eigenvalue weighted by Gasteiger charge is 2.61. The van der Waals surface area contributed by atoms with Gasteiger partial charge >= 0.3 is 23.9 Å². The summed E-state index contributed by atoms with van der Waals surface area (Å²) in [6, 6.07) is -1.17. The lowest BCUT2D eigenvalue weighted by Crippen LogP contribution is -2.51. The van der Waals surface area contributed by atoms with Crippen LogP contribution >= 0.6 is 0 Å². The van der Waals surface area contributed by atoms with Crippen molar-refractivity contribution in [3.8, 4) is 0 Å². The summed E-state index contributed by atoms with van der Waals surface area (Å²) in [7, 11) is 0. The fourth-order valence-electron chi connectivity index (χ4n) is 23.1. The van der Waals surface area contributed by atoms with Gasteiger partial charge in [-0.3, -0.25) is 14.4 Å². The topological polar surface area (TPSA) is 113 Å². The summed E-state index contributed by atoms with van der Waals surface area (Å²) in [5.74, 6) is 6.72. The van der Waals surface area contributed by atoms with Crippen LogP contribution in [-0.4, -0.2) is 29.9 Å². The number of allylic oxidation sites excluding steroid dienone is 4. The molecule has 0 bridgehead atoms. The Labute approximate surface area is 553 Å². The zero-order chi connectivity index (χ0) is 64.8. The Morgan fingerprint density at radius 2 is 0.844 bits per heavy atom. The molecule has 0 aliphatic heterocycles. The lowest BCUT2D eigenvalue weighted by Gasteiger charge is -2.59. The predicted octanol–water partition coefficient (Wildman–Crippen LogP) is 22.8. The van der Waals surface area contributed by atoms with E-state index in [1.54, 1.807) is 11.1 Å². The quantitative estimate of drug-likeness (QED) is 0.0288. The molecule has 90 heavy (non-hydrogen) atoms. The Balaban J connectivity index is 0.866. The minimum atomic E-state index is -1.17. The molecular formula is C83H141NO6. The Morgan fingerprint density at radius 1 is 0.444 bits per heavy atom. The maximum Gasteiger partial charge on any atom is 0.330 e. The van der Waals surface area contributed by atoms with Gasteiger partial charge in [0, 0.05) is 6.42 Å². The lowest BCUT2D eigenvalue weighted by molar-refractivity contribution is -0.165. The summed E-state index contributed by atoms with van der Waals surface area (Å²) >= 11 is 0. The summed E-state index contributed by atoms with van der Waals surface area (Å²) in [6.45, 7) is 29.7. The standard InChI is InChI=1S/C83H141NO6/c1-13-15-17-19-21-23-25-27-35-65(61-47-51-80(9)63(55-61)37-39-67-71-43-41-69(59(7)33-29-31-57(3)4)82(71,11)53-49-73(67)80)77(86)89-76(85)46-45-75(84)79(88)90-78(87)66(36-28-26-24-22-20-18-16-14-2)62-48-52-81(10)64(56-62)38-40-68-72-44-42-70(60(8)34-30-32-58(5)6)83(72,12)54-50-74(68)81/h37-38,57-62,65-75H,13-36,39-56,84H2,1-12H3/t59-,60-,61+,62+,65?,66?,67+,68+,69-,70-,71+,72+,73+,74+,75?,80+,81+,82-,83-/m1/s1. The van der Waals surface area contributed by atoms with Crippen LogP contribution in [-0.2, 0) is 28.7 Å². The third-order valence-corrected chi connectivity index (χ3v) is 28.5. The minimum Gasteiger partial charge on any atom is -0.393 e. The Kier molecular flexibility index (Phi) is 27.9. The molecule has 514 valence electrons. The second-order valence-electron chi connectivity index (χ2n) is 35.0. The number of fused-ring (bicyclic) bond motifs is 10. The molecule has 19 atom stereocenters. The van der Waals surface area contributed by atoms with E-state index in [1.807, 2.05) is 0 Å². The summed E-state index contributed by atoms with van der Waals surface area (Å²) in [5.41, 5.74) is 10.9. The molecule has 6 saturated carbocycles. The largest absolute Gasteiger partial charge is 0.393 e. The molecule has 8 aliphatic rings. The minimum absolute atomic E-state index is 0.0340. The zero-order valence-electron chi connectivity index (χ0n) is 60.7. The molecule has 7 heteroatoms. The fourth-order valence-corrected chi connectivity index (χ4v) is 23.1. The molecule has 0 aromatic carbocycles. The number of carbonyl (C=O) groups is 4. The zero-order valence-corrected chi connectivity index (χ0v) is 60.7. The van der Waals surface area contributed by atoms with Crippen LogP contribution in [0.15, 0.2) is 23.3 Å². The number of ether oxygens (including phenoxy) is 2. The van der Waals surface area contributed by atoms with Crippen molar-refractivity contribution < 1.29 is 28.7 Å². The van der Waals surface area contributed by atoms with Gasteiger partial charge in [-0.1, -0.05) is 248 Å². The van der Waals surface area contributed by atoms with E-state index in [2.05, 4.69) is 95.2 Å². The maximum absolute atomic E-state index is 14.6. The van der Waals surface area contributed by atoms with Crippen molar-refractivity contribution in [1.29, 1.82) is 0 Å². The highest BCUT2D eigenvalue weighted by Crippen LogP contribution is 2.70. The SMILES string of the molecule is CCCCCCCCCCC(C(=O)OC(=O)CCC(N)C(=O)OC(=O)C(CCCCCCCCCC)[C@H]1CC[C@@]2(C)C(=CC[C@H]3[C@@H]4CC[C@H]([C@H](C)CCCC(C)C)[C@@]4(C)CC[C@@H]32)C1)[C@H]1CC[C@@]2(C)C(=CC[C@H]3[C@@H]4CC[C@H]([C@H](C)CCCC(C)C)[C@@]4(C)CC[C@@H]32)C1. The van der Waals surface area contributed by atoms with E-state index >= 15 is 0 Å². The molecule has 0 aromatic rings. The van der Waals surface area contributed by atoms with E-state index in [0.29, 0.717) is 22.7 Å². The van der Waals surface area contributed by atoms with Gasteiger partial charge in [-0.25, -0.2) is 4.79 Å². The van der Waals surface area contributed by atoms with Crippen molar-refractivity contribution >= 4 is 23.9 Å². The third kappa shape index (κ3) is 17.6. The van der Waals surface area contributed by atoms with Crippen molar-refractivity contribution in [2.75, 3.05) is 0 Å². The van der Waals surface area contributed by atoms with Gasteiger partial charge in [-0.05, 0) is 227 Å². The van der Waals surface area contributed by atoms with Crippen LogP contribution in [0.5, 0.6) is 0 Å². The van der Waals surface area contributed by atoms with Crippen LogP contribution in [0.3, 0.4) is 0 Å². The normalized spacial score (nSPS) is 34.5. The van der Waals surface area contributed by atoms with Gasteiger partial charge in [0.2, 0.25) is 0 Å². The molecule has 3 unspecified atom stereocenters. The molecule has 0 aromatic heterocycles. The van der Waals surface area contributed by atoms with Crippen molar-refractivity contribution in [2.45, 2.75) is 359 Å². The summed E-state index contributed by atoms with van der Waals surface area (Å²) < 4.78 is 11.7. The first-order valence-electron chi connectivity index (χ1n) is 39.7. The Morgan fingerprint density at radius 3 is 1.26 bits per heavy atom. The van der Waals surface area contributed by atoms with E-state index in [-0.39, 0.29) is 47.3 Å². The number of hydrogen-bond donors (Lipinski definition) is 1. The molecule has 0 amide bonds. The predicted molar refractivity (Wildman–Crippen MR) is 374 cm³/mol. The van der Waals surface area contributed by atoms with Crippen LogP contribution in [0.25, 0.3) is 0 Å². The van der Waals surface area contributed by atoms with Gasteiger partial charge in [0.1, 0.15) is 6.04 Å². The number of nitrogens with two attached hydrogens (primary N) is 1. The summed E-state index contributed by atoms with van der Waals surface area (Å²) in [4.78, 5) is 56.8. The summed E-state index contributed by atoms with van der Waals surface area (Å²) in [6.07, 6.45) is 53.0. The van der Waals surface area contributed by atoms with Crippen LogP contribution < -0.4 is 5.73 Å². The number of unbranched alkanes of at least 4 members (excludes halogenated alkanes) is 14. The van der Waals surface area contributed by atoms with E-state index in [4.69, 9.17) is 15.2 Å². The average molecular weight is 1250 g/mol. The van der Waals surface area contributed by atoms with Crippen molar-refractivity contribution in [1.82, 2.24) is 0 Å². The van der Waals surface area contributed by atoms with Gasteiger partial charge in [0.05, 0.1) is 11.8 Å². The molecule has 2 N–H and O–H groups in total. The number of carbonyl (C=O) groups excluding carboxylic acids is 4. The fraction of sp³-hybridized carbons (Fsp3) is 0.904. The maximum atomic E-state index is 14.6. The van der Waals surface area contributed by atoms with Crippen LogP contribution in [0, 0.1) is 116 Å². The molecule has 0 heterocycles. The molecule has 7 nitrogen and oxygen atoms in total. The molecule has 8 rings (SSSR count). The molecule has 0 spiro atoms. The van der Waals surface area contributed by atoms with E-state index in [9.17, 15) is 19.2 Å². The van der Waals surface area contributed by atoms with Crippen molar-refractivity contribution in [3.63, 3.8) is 0 Å². The molecular weight excluding hydrogens is 1110 g/mol. The lowest BCUT2D eigenvalue weighted by atomic mass is 9.46. The molecule has 0 saturated heterocycles.